The Balaban J connectivity index is 3.47. The van der Waals surface area contributed by atoms with Crippen LogP contribution >= 0.6 is 34.2 Å². The molecule has 0 amide bonds. The maximum absolute atomic E-state index is 11.0. The van der Waals surface area contributed by atoms with Gasteiger partial charge in [0.2, 0.25) is 0 Å². The average Bonchev–Trinajstić information content (AvgIpc) is 2.01. The third-order valence-corrected chi connectivity index (χ3v) is 2.63. The van der Waals surface area contributed by atoms with Gasteiger partial charge in [-0.25, -0.2) is 0 Å². The van der Waals surface area contributed by atoms with Crippen LogP contribution < -0.4 is 0 Å². The fraction of sp³-hybridized carbons (Fsp3) is 0.111. The van der Waals surface area contributed by atoms with Gasteiger partial charge in [-0.15, -0.1) is 0 Å². The second-order valence-electron chi connectivity index (χ2n) is 2.60. The highest BCUT2D eigenvalue weighted by Crippen LogP contribution is 2.20. The lowest BCUT2D eigenvalue weighted by molar-refractivity contribution is 0.106. The minimum atomic E-state index is -0.591. The van der Waals surface area contributed by atoms with E-state index < -0.39 is 5.24 Å². The molecule has 68 valence electrons. The topological polar surface area (TPSA) is 34.1 Å². The highest BCUT2D eigenvalue weighted by Gasteiger charge is 2.13. The Hall–Kier alpha value is -0.420. The molecule has 0 aliphatic rings. The first kappa shape index (κ1) is 10.7. The predicted molar refractivity (Wildman–Crippen MR) is 59.5 cm³/mol. The summed E-state index contributed by atoms with van der Waals surface area (Å²) in [6.45, 7) is 1.86. The van der Waals surface area contributed by atoms with E-state index in [1.54, 1.807) is 6.07 Å². The van der Waals surface area contributed by atoms with E-state index in [9.17, 15) is 9.59 Å². The van der Waals surface area contributed by atoms with Crippen LogP contribution in [0.25, 0.3) is 0 Å². The Bertz CT molecular complexity index is 374. The molecule has 0 saturated carbocycles. The number of carbonyl (C=O) groups excluding carboxylic acids is 2. The lowest BCUT2D eigenvalue weighted by Crippen LogP contribution is -2.00. The van der Waals surface area contributed by atoms with Gasteiger partial charge in [-0.1, -0.05) is 0 Å². The van der Waals surface area contributed by atoms with E-state index in [1.165, 1.54) is 0 Å². The van der Waals surface area contributed by atoms with Crippen LogP contribution in [0.4, 0.5) is 0 Å². The van der Waals surface area contributed by atoms with E-state index >= 15 is 0 Å². The summed E-state index contributed by atoms with van der Waals surface area (Å²) in [5.41, 5.74) is 1.58. The molecular formula is C9H6ClIO2. The highest BCUT2D eigenvalue weighted by atomic mass is 127. The molecule has 1 aromatic carbocycles. The van der Waals surface area contributed by atoms with Crippen molar-refractivity contribution in [1.29, 1.82) is 0 Å². The Morgan fingerprint density at radius 2 is 2.15 bits per heavy atom. The average molecular weight is 309 g/mol. The number of aryl methyl sites for hydroxylation is 1. The van der Waals surface area contributed by atoms with Gasteiger partial charge in [0.1, 0.15) is 0 Å². The summed E-state index contributed by atoms with van der Waals surface area (Å²) in [7, 11) is 0. The van der Waals surface area contributed by atoms with Crippen molar-refractivity contribution in [2.45, 2.75) is 6.92 Å². The van der Waals surface area contributed by atoms with E-state index in [-0.39, 0.29) is 0 Å². The lowest BCUT2D eigenvalue weighted by atomic mass is 10.1. The largest absolute Gasteiger partial charge is 0.298 e. The highest BCUT2D eigenvalue weighted by molar-refractivity contribution is 14.1. The van der Waals surface area contributed by atoms with Gasteiger partial charge in [-0.05, 0) is 58.8 Å². The van der Waals surface area contributed by atoms with Gasteiger partial charge in [-0.2, -0.15) is 0 Å². The predicted octanol–water partition coefficient (Wildman–Crippen LogP) is 2.79. The van der Waals surface area contributed by atoms with Gasteiger partial charge < -0.3 is 0 Å². The smallest absolute Gasteiger partial charge is 0.254 e. The molecule has 0 fully saturated rings. The summed E-state index contributed by atoms with van der Waals surface area (Å²) < 4.78 is 0.708. The molecule has 0 aliphatic carbocycles. The molecule has 0 N–H and O–H groups in total. The maximum Gasteiger partial charge on any atom is 0.254 e. The summed E-state index contributed by atoms with van der Waals surface area (Å²) in [6, 6.07) is 3.45. The van der Waals surface area contributed by atoms with Gasteiger partial charge in [0.15, 0.2) is 6.29 Å². The summed E-state index contributed by atoms with van der Waals surface area (Å²) in [5, 5.41) is -0.591. The van der Waals surface area contributed by atoms with E-state index in [0.717, 1.165) is 5.56 Å². The van der Waals surface area contributed by atoms with Gasteiger partial charge >= 0.3 is 0 Å². The molecule has 0 saturated heterocycles. The number of aldehydes is 1. The zero-order chi connectivity index (χ0) is 10.0. The number of rotatable bonds is 2. The van der Waals surface area contributed by atoms with Gasteiger partial charge in [-0.3, -0.25) is 9.59 Å². The number of hydrogen-bond acceptors (Lipinski definition) is 2. The van der Waals surface area contributed by atoms with Crippen molar-refractivity contribution in [3.05, 3.63) is 32.4 Å². The summed E-state index contributed by atoms with van der Waals surface area (Å²) >= 11 is 7.33. The number of carbonyl (C=O) groups is 2. The van der Waals surface area contributed by atoms with Crippen molar-refractivity contribution < 1.29 is 9.59 Å². The molecule has 2 nitrogen and oxygen atoms in total. The number of benzene rings is 1. The molecule has 1 aromatic rings. The van der Waals surface area contributed by atoms with Crippen molar-refractivity contribution in [1.82, 2.24) is 0 Å². The zero-order valence-corrected chi connectivity index (χ0v) is 9.72. The molecule has 0 radical (unpaired) electrons. The molecular weight excluding hydrogens is 302 g/mol. The maximum atomic E-state index is 11.0. The first-order valence-corrected chi connectivity index (χ1v) is 4.97. The summed E-state index contributed by atoms with van der Waals surface area (Å²) in [6.07, 6.45) is 0.644. The molecule has 0 bridgehead atoms. The quantitative estimate of drug-likeness (QED) is 0.478. The Kier molecular flexibility index (Phi) is 3.44. The molecule has 0 aliphatic heterocycles. The third-order valence-electron chi connectivity index (χ3n) is 1.59. The lowest BCUT2D eigenvalue weighted by Gasteiger charge is -2.03. The Morgan fingerprint density at radius 3 is 2.62 bits per heavy atom. The standard InChI is InChI=1S/C9H6ClIO2/c1-5-2-6(4-12)8(9(10)13)7(11)3-5/h2-4H,1H3. The van der Waals surface area contributed by atoms with Crippen LogP contribution in [0, 0.1) is 10.5 Å². The van der Waals surface area contributed by atoms with Crippen LogP contribution in [0.3, 0.4) is 0 Å². The molecule has 0 unspecified atom stereocenters. The van der Waals surface area contributed by atoms with Gasteiger partial charge in [0, 0.05) is 9.13 Å². The monoisotopic (exact) mass is 308 g/mol. The first-order chi connectivity index (χ1) is 6.06. The van der Waals surface area contributed by atoms with Crippen LogP contribution in [-0.2, 0) is 0 Å². The van der Waals surface area contributed by atoms with Crippen LogP contribution in [0.5, 0.6) is 0 Å². The second kappa shape index (κ2) is 4.19. The minimum Gasteiger partial charge on any atom is -0.298 e. The van der Waals surface area contributed by atoms with E-state index in [1.807, 2.05) is 35.6 Å². The number of halogens is 2. The van der Waals surface area contributed by atoms with E-state index in [2.05, 4.69) is 0 Å². The van der Waals surface area contributed by atoms with E-state index in [0.29, 0.717) is 21.0 Å². The van der Waals surface area contributed by atoms with E-state index in [4.69, 9.17) is 11.6 Å². The molecule has 1 rings (SSSR count). The van der Waals surface area contributed by atoms with Gasteiger partial charge in [0.05, 0.1) is 5.56 Å². The molecule has 0 atom stereocenters. The fourth-order valence-corrected chi connectivity index (χ4v) is 2.49. The molecule has 0 heterocycles. The van der Waals surface area contributed by atoms with Crippen LogP contribution in [0.2, 0.25) is 0 Å². The zero-order valence-electron chi connectivity index (χ0n) is 6.80. The first-order valence-electron chi connectivity index (χ1n) is 3.51. The van der Waals surface area contributed by atoms with Crippen LogP contribution in [-0.4, -0.2) is 11.5 Å². The van der Waals surface area contributed by atoms with Crippen LogP contribution in [0.15, 0.2) is 12.1 Å². The Labute approximate surface area is 94.4 Å². The summed E-state index contributed by atoms with van der Waals surface area (Å²) in [5.74, 6) is 0. The minimum absolute atomic E-state index is 0.294. The van der Waals surface area contributed by atoms with Crippen molar-refractivity contribution in [2.24, 2.45) is 0 Å². The molecule has 0 aromatic heterocycles. The fourth-order valence-electron chi connectivity index (χ4n) is 1.07. The van der Waals surface area contributed by atoms with Crippen molar-refractivity contribution in [3.8, 4) is 0 Å². The third kappa shape index (κ3) is 2.28. The van der Waals surface area contributed by atoms with Crippen molar-refractivity contribution in [2.75, 3.05) is 0 Å². The molecule has 4 heteroatoms. The molecule has 13 heavy (non-hydrogen) atoms. The van der Waals surface area contributed by atoms with Crippen molar-refractivity contribution >= 4 is 45.7 Å². The van der Waals surface area contributed by atoms with Gasteiger partial charge in [0.25, 0.3) is 5.24 Å². The second-order valence-corrected chi connectivity index (χ2v) is 4.11. The normalized spacial score (nSPS) is 9.77. The van der Waals surface area contributed by atoms with Crippen LogP contribution in [0.1, 0.15) is 26.3 Å². The Morgan fingerprint density at radius 1 is 1.54 bits per heavy atom. The SMILES string of the molecule is Cc1cc(I)c(C(=O)Cl)c(C=O)c1. The van der Waals surface area contributed by atoms with Crippen molar-refractivity contribution in [3.63, 3.8) is 0 Å². The number of hydrogen-bond donors (Lipinski definition) is 0. The summed E-state index contributed by atoms with van der Waals surface area (Å²) in [4.78, 5) is 21.6. The molecule has 0 spiro atoms.